The summed E-state index contributed by atoms with van der Waals surface area (Å²) in [6, 6.07) is 0. The summed E-state index contributed by atoms with van der Waals surface area (Å²) < 4.78 is 24.5. The molecule has 0 aromatic carbocycles. The molecule has 1 unspecified atom stereocenters. The Morgan fingerprint density at radius 2 is 2.05 bits per heavy atom. The van der Waals surface area contributed by atoms with Gasteiger partial charge in [0.25, 0.3) is 0 Å². The molecule has 1 atom stereocenters. The number of hydrogen-bond acceptors (Lipinski definition) is 4. The van der Waals surface area contributed by atoms with Gasteiger partial charge in [-0.15, -0.1) is 0 Å². The number of sulfonamides is 1. The molecule has 0 saturated carbocycles. The van der Waals surface area contributed by atoms with Gasteiger partial charge in [-0.1, -0.05) is 0 Å². The third-order valence-corrected chi connectivity index (χ3v) is 5.00. The van der Waals surface area contributed by atoms with Crippen LogP contribution >= 0.6 is 0 Å². The monoisotopic (exact) mass is 306 g/mol. The summed E-state index contributed by atoms with van der Waals surface area (Å²) in [6.07, 6.45) is 5.21. The van der Waals surface area contributed by atoms with Crippen LogP contribution in [0.5, 0.6) is 0 Å². The van der Waals surface area contributed by atoms with E-state index in [0.717, 1.165) is 32.1 Å². The fourth-order valence-corrected chi connectivity index (χ4v) is 3.42. The second-order valence-electron chi connectivity index (χ2n) is 5.50. The summed E-state index contributed by atoms with van der Waals surface area (Å²) >= 11 is 0. The van der Waals surface area contributed by atoms with E-state index in [1.807, 2.05) is 0 Å². The van der Waals surface area contributed by atoms with Crippen LogP contribution in [0.4, 0.5) is 0 Å². The van der Waals surface area contributed by atoms with E-state index in [0.29, 0.717) is 19.6 Å². The molecule has 1 N–H and O–H groups in total. The molecule has 118 valence electrons. The van der Waals surface area contributed by atoms with Crippen LogP contribution in [0.1, 0.15) is 32.1 Å². The molecule has 0 spiro atoms. The molecule has 0 aliphatic carbocycles. The van der Waals surface area contributed by atoms with E-state index < -0.39 is 10.0 Å². The van der Waals surface area contributed by atoms with Crippen molar-refractivity contribution >= 4 is 15.9 Å². The van der Waals surface area contributed by atoms with E-state index in [-0.39, 0.29) is 18.4 Å². The first-order chi connectivity index (χ1) is 9.36. The fraction of sp³-hybridized carbons (Fsp3) is 0.923. The second kappa shape index (κ2) is 7.95. The zero-order valence-electron chi connectivity index (χ0n) is 12.4. The van der Waals surface area contributed by atoms with Gasteiger partial charge in [-0.25, -0.2) is 12.7 Å². The normalized spacial score (nSPS) is 20.9. The van der Waals surface area contributed by atoms with Crippen molar-refractivity contribution in [3.8, 4) is 0 Å². The van der Waals surface area contributed by atoms with E-state index in [2.05, 4.69) is 0 Å². The van der Waals surface area contributed by atoms with Crippen molar-refractivity contribution in [3.05, 3.63) is 0 Å². The highest BCUT2D eigenvalue weighted by Gasteiger charge is 2.31. The third kappa shape index (κ3) is 5.38. The largest absolute Gasteiger partial charge is 0.396 e. The van der Waals surface area contributed by atoms with E-state index in [9.17, 15) is 13.2 Å². The first-order valence-corrected chi connectivity index (χ1v) is 9.02. The Hall–Kier alpha value is -0.660. The molecule has 0 radical (unpaired) electrons. The predicted molar refractivity (Wildman–Crippen MR) is 77.7 cm³/mol. The lowest BCUT2D eigenvalue weighted by atomic mass is 9.98. The number of rotatable bonds is 7. The van der Waals surface area contributed by atoms with Crippen molar-refractivity contribution in [2.75, 3.05) is 39.5 Å². The number of aliphatic hydroxyl groups excluding tert-OH is 1. The number of piperidine rings is 1. The van der Waals surface area contributed by atoms with Gasteiger partial charge in [0, 0.05) is 33.3 Å². The first-order valence-electron chi connectivity index (χ1n) is 7.17. The predicted octanol–water partition coefficient (Wildman–Crippen LogP) is 0.279. The topological polar surface area (TPSA) is 77.9 Å². The zero-order chi connectivity index (χ0) is 15.2. The average molecular weight is 306 g/mol. The van der Waals surface area contributed by atoms with Gasteiger partial charge >= 0.3 is 0 Å². The average Bonchev–Trinajstić information content (AvgIpc) is 2.42. The highest BCUT2D eigenvalue weighted by molar-refractivity contribution is 7.88. The van der Waals surface area contributed by atoms with Crippen LogP contribution < -0.4 is 0 Å². The van der Waals surface area contributed by atoms with Crippen LogP contribution in [0.3, 0.4) is 0 Å². The van der Waals surface area contributed by atoms with E-state index in [1.54, 1.807) is 11.9 Å². The third-order valence-electron chi connectivity index (χ3n) is 3.73. The van der Waals surface area contributed by atoms with Crippen LogP contribution in [-0.4, -0.2) is 68.2 Å². The lowest BCUT2D eigenvalue weighted by molar-refractivity contribution is -0.135. The van der Waals surface area contributed by atoms with Crippen LogP contribution in [0.25, 0.3) is 0 Å². The summed E-state index contributed by atoms with van der Waals surface area (Å²) in [6.45, 7) is 1.67. The zero-order valence-corrected chi connectivity index (χ0v) is 13.2. The molecule has 1 saturated heterocycles. The Morgan fingerprint density at radius 3 is 2.65 bits per heavy atom. The number of nitrogens with zero attached hydrogens (tertiary/aromatic N) is 2. The number of amides is 1. The molecule has 1 aliphatic heterocycles. The molecular weight excluding hydrogens is 280 g/mol. The summed E-state index contributed by atoms with van der Waals surface area (Å²) in [7, 11) is -1.44. The Labute approximate surface area is 121 Å². The van der Waals surface area contributed by atoms with Crippen LogP contribution in [0, 0.1) is 5.92 Å². The number of unbranched alkanes of at least 4 members (excludes halogenated alkanes) is 2. The van der Waals surface area contributed by atoms with E-state index >= 15 is 0 Å². The standard InChI is InChI=1S/C13H26N2O4S/c1-14(8-4-3-5-10-16)13(17)12-7-6-9-15(11-12)20(2,18)19/h12,16H,3-11H2,1-2H3. The Balaban J connectivity index is 2.45. The molecule has 1 rings (SSSR count). The van der Waals surface area contributed by atoms with Gasteiger partial charge < -0.3 is 10.0 Å². The van der Waals surface area contributed by atoms with Gasteiger partial charge in [0.1, 0.15) is 0 Å². The van der Waals surface area contributed by atoms with Gasteiger partial charge in [-0.2, -0.15) is 0 Å². The van der Waals surface area contributed by atoms with Crippen LogP contribution in [-0.2, 0) is 14.8 Å². The number of carbonyl (C=O) groups excluding carboxylic acids is 1. The van der Waals surface area contributed by atoms with Gasteiger partial charge in [0.2, 0.25) is 15.9 Å². The molecule has 1 aliphatic rings. The highest BCUT2D eigenvalue weighted by Crippen LogP contribution is 2.20. The highest BCUT2D eigenvalue weighted by atomic mass is 32.2. The Kier molecular flexibility index (Phi) is 6.91. The number of carbonyl (C=O) groups is 1. The van der Waals surface area contributed by atoms with E-state index in [1.165, 1.54) is 10.6 Å². The van der Waals surface area contributed by atoms with Crippen LogP contribution in [0.2, 0.25) is 0 Å². The molecule has 6 nitrogen and oxygen atoms in total. The minimum Gasteiger partial charge on any atom is -0.396 e. The molecule has 1 heterocycles. The quantitative estimate of drug-likeness (QED) is 0.685. The molecule has 0 aromatic heterocycles. The maximum absolute atomic E-state index is 12.3. The van der Waals surface area contributed by atoms with Gasteiger partial charge in [0.05, 0.1) is 12.2 Å². The lowest BCUT2D eigenvalue weighted by Crippen LogP contribution is -2.45. The van der Waals surface area contributed by atoms with Crippen molar-refractivity contribution in [2.45, 2.75) is 32.1 Å². The maximum Gasteiger partial charge on any atom is 0.226 e. The minimum atomic E-state index is -3.21. The molecule has 1 amide bonds. The van der Waals surface area contributed by atoms with Crippen LogP contribution in [0.15, 0.2) is 0 Å². The van der Waals surface area contributed by atoms with Crippen molar-refractivity contribution in [1.82, 2.24) is 9.21 Å². The molecule has 0 bridgehead atoms. The molecule has 1 fully saturated rings. The van der Waals surface area contributed by atoms with Gasteiger partial charge in [0.15, 0.2) is 0 Å². The van der Waals surface area contributed by atoms with Gasteiger partial charge in [-0.3, -0.25) is 4.79 Å². The number of aliphatic hydroxyl groups is 1. The molecular formula is C13H26N2O4S. The van der Waals surface area contributed by atoms with Gasteiger partial charge in [-0.05, 0) is 32.1 Å². The molecule has 0 aromatic rings. The molecule has 7 heteroatoms. The number of hydrogen-bond donors (Lipinski definition) is 1. The Bertz CT molecular complexity index is 411. The van der Waals surface area contributed by atoms with Crippen molar-refractivity contribution in [2.24, 2.45) is 5.92 Å². The fourth-order valence-electron chi connectivity index (χ4n) is 2.50. The van der Waals surface area contributed by atoms with Crippen molar-refractivity contribution < 1.29 is 18.3 Å². The summed E-state index contributed by atoms with van der Waals surface area (Å²) in [5.41, 5.74) is 0. The van der Waals surface area contributed by atoms with Crippen molar-refractivity contribution in [1.29, 1.82) is 0 Å². The summed E-state index contributed by atoms with van der Waals surface area (Å²) in [4.78, 5) is 14.0. The second-order valence-corrected chi connectivity index (χ2v) is 7.49. The Morgan fingerprint density at radius 1 is 1.35 bits per heavy atom. The smallest absolute Gasteiger partial charge is 0.226 e. The summed E-state index contributed by atoms with van der Waals surface area (Å²) in [5, 5.41) is 8.71. The first kappa shape index (κ1) is 17.4. The van der Waals surface area contributed by atoms with E-state index in [4.69, 9.17) is 5.11 Å². The van der Waals surface area contributed by atoms with Crippen molar-refractivity contribution in [3.63, 3.8) is 0 Å². The minimum absolute atomic E-state index is 0.0300. The SMILES string of the molecule is CN(CCCCCO)C(=O)C1CCCN(S(C)(=O)=O)C1. The molecule has 20 heavy (non-hydrogen) atoms. The lowest BCUT2D eigenvalue weighted by Gasteiger charge is -2.32. The maximum atomic E-state index is 12.3. The summed E-state index contributed by atoms with van der Waals surface area (Å²) in [5.74, 6) is -0.191.